The number of unbranched alkanes of at least 4 members (excludes halogenated alkanes) is 1. The Morgan fingerprint density at radius 3 is 1.80 bits per heavy atom. The van der Waals surface area contributed by atoms with Crippen molar-refractivity contribution >= 4 is 7.12 Å². The lowest BCUT2D eigenvalue weighted by Gasteiger charge is -2.30. The van der Waals surface area contributed by atoms with Crippen molar-refractivity contribution in [2.45, 2.75) is 95.6 Å². The summed E-state index contributed by atoms with van der Waals surface area (Å²) in [4.78, 5) is 0. The highest BCUT2D eigenvalue weighted by Crippen LogP contribution is 2.25. The van der Waals surface area contributed by atoms with Gasteiger partial charge in [-0.05, 0) is 38.4 Å². The molecule has 0 unspecified atom stereocenters. The Bertz CT molecular complexity index is 273. The number of hydrogen-bond donors (Lipinski definition) is 0. The summed E-state index contributed by atoms with van der Waals surface area (Å²) in [6.07, 6.45) is 15.7. The summed E-state index contributed by atoms with van der Waals surface area (Å²) < 4.78 is 12.4. The minimum atomic E-state index is -0.0745. The van der Waals surface area contributed by atoms with E-state index in [0.29, 0.717) is 18.6 Å². The standard InChI is InChI=1S/C16H28BNO2/c18-14-8-7-13-17(19-15-9-3-1-4-10-15)20-16-11-5-2-6-12-16/h15-16H,1-13H2. The summed E-state index contributed by atoms with van der Waals surface area (Å²) in [7, 11) is -0.0745. The van der Waals surface area contributed by atoms with Crippen LogP contribution in [0.25, 0.3) is 0 Å². The molecule has 0 aromatic heterocycles. The summed E-state index contributed by atoms with van der Waals surface area (Å²) in [5.74, 6) is 0. The van der Waals surface area contributed by atoms with Gasteiger partial charge >= 0.3 is 7.12 Å². The molecule has 0 spiro atoms. The Labute approximate surface area is 124 Å². The van der Waals surface area contributed by atoms with Gasteiger partial charge in [0, 0.05) is 18.6 Å². The zero-order valence-electron chi connectivity index (χ0n) is 12.7. The first kappa shape index (κ1) is 15.9. The van der Waals surface area contributed by atoms with Crippen molar-refractivity contribution in [3.8, 4) is 6.07 Å². The second kappa shape index (κ2) is 9.42. The van der Waals surface area contributed by atoms with Gasteiger partial charge in [-0.1, -0.05) is 38.5 Å². The molecule has 2 saturated carbocycles. The monoisotopic (exact) mass is 277 g/mol. The molecule has 112 valence electrons. The molecular weight excluding hydrogens is 249 g/mol. The number of nitrogens with zero attached hydrogens (tertiary/aromatic N) is 1. The van der Waals surface area contributed by atoms with Gasteiger partial charge in [0.05, 0.1) is 6.07 Å². The molecule has 20 heavy (non-hydrogen) atoms. The van der Waals surface area contributed by atoms with Crippen LogP contribution in [0, 0.1) is 11.3 Å². The molecule has 0 radical (unpaired) electrons. The molecule has 0 aliphatic heterocycles. The Hall–Kier alpha value is -0.525. The summed E-state index contributed by atoms with van der Waals surface area (Å²) in [5.41, 5.74) is 0. The van der Waals surface area contributed by atoms with Crippen molar-refractivity contribution in [1.29, 1.82) is 5.26 Å². The average Bonchev–Trinajstić information content (AvgIpc) is 2.49. The number of rotatable bonds is 7. The van der Waals surface area contributed by atoms with Crippen molar-refractivity contribution in [2.75, 3.05) is 0 Å². The van der Waals surface area contributed by atoms with Crippen LogP contribution in [0.1, 0.15) is 77.0 Å². The first-order chi connectivity index (χ1) is 9.88. The van der Waals surface area contributed by atoms with E-state index in [2.05, 4.69) is 6.07 Å². The van der Waals surface area contributed by atoms with Gasteiger partial charge in [-0.3, -0.25) is 0 Å². The third-order valence-corrected chi connectivity index (χ3v) is 4.52. The van der Waals surface area contributed by atoms with Gasteiger partial charge in [0.1, 0.15) is 0 Å². The lowest BCUT2D eigenvalue weighted by molar-refractivity contribution is 0.0656. The molecule has 4 heteroatoms. The second-order valence-corrected chi connectivity index (χ2v) is 6.27. The summed E-state index contributed by atoms with van der Waals surface area (Å²) >= 11 is 0. The predicted octanol–water partition coefficient (Wildman–Crippen LogP) is 4.48. The fraction of sp³-hybridized carbons (Fsp3) is 0.938. The van der Waals surface area contributed by atoms with E-state index in [4.69, 9.17) is 14.6 Å². The van der Waals surface area contributed by atoms with Gasteiger partial charge in [-0.2, -0.15) is 5.26 Å². The van der Waals surface area contributed by atoms with Gasteiger partial charge in [0.25, 0.3) is 0 Å². The Morgan fingerprint density at radius 2 is 1.35 bits per heavy atom. The average molecular weight is 277 g/mol. The Kier molecular flexibility index (Phi) is 7.47. The molecule has 0 saturated heterocycles. The lowest BCUT2D eigenvalue weighted by atomic mass is 9.79. The maximum absolute atomic E-state index is 8.69. The number of hydrogen-bond acceptors (Lipinski definition) is 3. The van der Waals surface area contributed by atoms with Gasteiger partial charge in [0.15, 0.2) is 0 Å². The van der Waals surface area contributed by atoms with Gasteiger partial charge < -0.3 is 9.31 Å². The summed E-state index contributed by atoms with van der Waals surface area (Å²) in [5, 5.41) is 8.69. The molecule has 0 heterocycles. The summed E-state index contributed by atoms with van der Waals surface area (Å²) in [6.45, 7) is 0. The maximum atomic E-state index is 8.69. The molecular formula is C16H28BNO2. The highest BCUT2D eigenvalue weighted by atomic mass is 16.6. The van der Waals surface area contributed by atoms with Crippen LogP contribution in [0.3, 0.4) is 0 Å². The van der Waals surface area contributed by atoms with Crippen LogP contribution in [-0.4, -0.2) is 19.3 Å². The molecule has 0 atom stereocenters. The van der Waals surface area contributed by atoms with Crippen molar-refractivity contribution in [3.05, 3.63) is 0 Å². The fourth-order valence-electron chi connectivity index (χ4n) is 3.35. The fourth-order valence-corrected chi connectivity index (χ4v) is 3.35. The third kappa shape index (κ3) is 5.85. The van der Waals surface area contributed by atoms with E-state index < -0.39 is 0 Å². The smallest absolute Gasteiger partial charge is 0.408 e. The van der Waals surface area contributed by atoms with Gasteiger partial charge in [-0.25, -0.2) is 0 Å². The van der Waals surface area contributed by atoms with Crippen LogP contribution in [0.2, 0.25) is 6.32 Å². The zero-order valence-corrected chi connectivity index (χ0v) is 12.7. The molecule has 2 aliphatic rings. The minimum absolute atomic E-state index is 0.0745. The van der Waals surface area contributed by atoms with Crippen molar-refractivity contribution in [2.24, 2.45) is 0 Å². The first-order valence-corrected chi connectivity index (χ1v) is 8.56. The lowest BCUT2D eigenvalue weighted by Crippen LogP contribution is -2.34. The molecule has 3 nitrogen and oxygen atoms in total. The van der Waals surface area contributed by atoms with Crippen molar-refractivity contribution in [1.82, 2.24) is 0 Å². The van der Waals surface area contributed by atoms with E-state index in [9.17, 15) is 0 Å². The SMILES string of the molecule is N#CCCCB(OC1CCCCC1)OC1CCCCC1. The van der Waals surface area contributed by atoms with E-state index in [1.54, 1.807) is 0 Å². The predicted molar refractivity (Wildman–Crippen MR) is 81.3 cm³/mol. The molecule has 0 N–H and O–H groups in total. The molecule has 0 bridgehead atoms. The Balaban J connectivity index is 1.77. The first-order valence-electron chi connectivity index (χ1n) is 8.56. The van der Waals surface area contributed by atoms with E-state index in [0.717, 1.165) is 12.7 Å². The summed E-state index contributed by atoms with van der Waals surface area (Å²) in [6, 6.07) is 2.22. The van der Waals surface area contributed by atoms with Crippen LogP contribution < -0.4 is 0 Å². The van der Waals surface area contributed by atoms with Crippen LogP contribution in [-0.2, 0) is 9.31 Å². The largest absolute Gasteiger partial charge is 0.457 e. The van der Waals surface area contributed by atoms with Gasteiger partial charge in [-0.15, -0.1) is 0 Å². The molecule has 0 aromatic carbocycles. The van der Waals surface area contributed by atoms with Crippen LogP contribution in [0.5, 0.6) is 0 Å². The van der Waals surface area contributed by atoms with E-state index >= 15 is 0 Å². The molecule has 0 amide bonds. The van der Waals surface area contributed by atoms with E-state index in [1.165, 1.54) is 64.2 Å². The number of nitriles is 1. The van der Waals surface area contributed by atoms with Gasteiger partial charge in [0.2, 0.25) is 0 Å². The molecule has 0 aromatic rings. The highest BCUT2D eigenvalue weighted by Gasteiger charge is 2.27. The quantitative estimate of drug-likeness (QED) is 0.509. The third-order valence-electron chi connectivity index (χ3n) is 4.52. The van der Waals surface area contributed by atoms with Crippen LogP contribution >= 0.6 is 0 Å². The second-order valence-electron chi connectivity index (χ2n) is 6.27. The maximum Gasteiger partial charge on any atom is 0.457 e. The normalized spacial score (nSPS) is 21.6. The highest BCUT2D eigenvalue weighted by molar-refractivity contribution is 6.44. The zero-order chi connectivity index (χ0) is 14.0. The molecule has 2 fully saturated rings. The van der Waals surface area contributed by atoms with E-state index in [-0.39, 0.29) is 7.12 Å². The topological polar surface area (TPSA) is 42.2 Å². The van der Waals surface area contributed by atoms with Crippen LogP contribution in [0.4, 0.5) is 0 Å². The van der Waals surface area contributed by atoms with Crippen molar-refractivity contribution < 1.29 is 9.31 Å². The molecule has 2 aliphatic carbocycles. The van der Waals surface area contributed by atoms with Crippen molar-refractivity contribution in [3.63, 3.8) is 0 Å². The van der Waals surface area contributed by atoms with Crippen LogP contribution in [0.15, 0.2) is 0 Å². The molecule has 2 rings (SSSR count). The minimum Gasteiger partial charge on any atom is -0.408 e. The van der Waals surface area contributed by atoms with E-state index in [1.807, 2.05) is 0 Å². The Morgan fingerprint density at radius 1 is 0.850 bits per heavy atom.